The average molecular weight is 274 g/mol. The van der Waals surface area contributed by atoms with E-state index in [0.29, 0.717) is 24.8 Å². The van der Waals surface area contributed by atoms with E-state index in [1.807, 2.05) is 26.8 Å². The van der Waals surface area contributed by atoms with Crippen LogP contribution in [0, 0.1) is 6.92 Å². The number of rotatable bonds is 5. The Balaban J connectivity index is 2.14. The largest absolute Gasteiger partial charge is 0.343 e. The number of carbonyl (C=O) groups excluding carboxylic acids is 1. The van der Waals surface area contributed by atoms with Gasteiger partial charge in [-0.1, -0.05) is 5.16 Å². The molecule has 106 valence electrons. The van der Waals surface area contributed by atoms with Crippen LogP contribution < -0.4 is 0 Å². The monoisotopic (exact) mass is 274 g/mol. The van der Waals surface area contributed by atoms with E-state index in [1.165, 1.54) is 0 Å². The number of hydrogen-bond acceptors (Lipinski definition) is 5. The van der Waals surface area contributed by atoms with Crippen LogP contribution in [-0.4, -0.2) is 39.0 Å². The second-order valence-electron chi connectivity index (χ2n) is 4.45. The molecule has 0 radical (unpaired) electrons. The van der Waals surface area contributed by atoms with Crippen molar-refractivity contribution in [1.82, 2.24) is 20.0 Å². The fourth-order valence-corrected chi connectivity index (χ4v) is 1.97. The van der Waals surface area contributed by atoms with Crippen LogP contribution in [0.1, 0.15) is 25.2 Å². The molecule has 0 fully saturated rings. The summed E-state index contributed by atoms with van der Waals surface area (Å²) in [6, 6.07) is 1.82. The molecule has 0 aliphatic rings. The zero-order valence-electron chi connectivity index (χ0n) is 12.0. The summed E-state index contributed by atoms with van der Waals surface area (Å²) in [6.45, 7) is 7.19. The summed E-state index contributed by atoms with van der Waals surface area (Å²) in [6.07, 6.45) is 3.57. The maximum absolute atomic E-state index is 12.0. The molecule has 2 rings (SSSR count). The van der Waals surface area contributed by atoms with Gasteiger partial charge in [-0.2, -0.15) is 4.98 Å². The molecule has 0 saturated carbocycles. The Morgan fingerprint density at radius 2 is 2.10 bits per heavy atom. The van der Waals surface area contributed by atoms with E-state index in [2.05, 4.69) is 15.1 Å². The van der Waals surface area contributed by atoms with Gasteiger partial charge in [-0.15, -0.1) is 0 Å². The van der Waals surface area contributed by atoms with Crippen molar-refractivity contribution >= 4 is 5.91 Å². The van der Waals surface area contributed by atoms with Gasteiger partial charge in [0.1, 0.15) is 0 Å². The number of carbonyl (C=O) groups is 1. The van der Waals surface area contributed by atoms with Crippen molar-refractivity contribution in [3.05, 3.63) is 29.8 Å². The van der Waals surface area contributed by atoms with Crippen LogP contribution >= 0.6 is 0 Å². The minimum atomic E-state index is 0.00815. The Hall–Kier alpha value is -2.24. The first kappa shape index (κ1) is 14.2. The lowest BCUT2D eigenvalue weighted by Crippen LogP contribution is -2.32. The van der Waals surface area contributed by atoms with Crippen molar-refractivity contribution in [3.8, 4) is 11.5 Å². The zero-order chi connectivity index (χ0) is 14.5. The van der Waals surface area contributed by atoms with E-state index in [-0.39, 0.29) is 12.3 Å². The second-order valence-corrected chi connectivity index (χ2v) is 4.45. The van der Waals surface area contributed by atoms with Crippen LogP contribution in [0.4, 0.5) is 0 Å². The Kier molecular flexibility index (Phi) is 4.45. The Labute approximate surface area is 117 Å². The maximum atomic E-state index is 12.0. The standard InChI is InChI=1S/C14H18N4O2/c1-4-18(5-2)13(19)8-12-16-14(20-17-12)11-6-7-15-9-10(11)3/h6-7,9H,4-5,8H2,1-3H3. The number of hydrogen-bond donors (Lipinski definition) is 0. The Bertz CT molecular complexity index is 590. The molecular formula is C14H18N4O2. The van der Waals surface area contributed by atoms with Crippen LogP contribution in [0.2, 0.25) is 0 Å². The summed E-state index contributed by atoms with van der Waals surface area (Å²) in [5.41, 5.74) is 1.80. The number of aryl methyl sites for hydroxylation is 1. The van der Waals surface area contributed by atoms with Crippen LogP contribution in [0.3, 0.4) is 0 Å². The molecule has 0 N–H and O–H groups in total. The third-order valence-electron chi connectivity index (χ3n) is 3.14. The van der Waals surface area contributed by atoms with Gasteiger partial charge in [0.2, 0.25) is 5.91 Å². The van der Waals surface area contributed by atoms with Gasteiger partial charge in [0.15, 0.2) is 5.82 Å². The lowest BCUT2D eigenvalue weighted by atomic mass is 10.1. The van der Waals surface area contributed by atoms with Gasteiger partial charge in [-0.05, 0) is 32.4 Å². The minimum Gasteiger partial charge on any atom is -0.343 e. The molecule has 0 bridgehead atoms. The first-order valence-corrected chi connectivity index (χ1v) is 6.67. The number of amides is 1. The highest BCUT2D eigenvalue weighted by molar-refractivity contribution is 5.78. The molecule has 2 aromatic heterocycles. The topological polar surface area (TPSA) is 72.1 Å². The summed E-state index contributed by atoms with van der Waals surface area (Å²) < 4.78 is 5.22. The summed E-state index contributed by atoms with van der Waals surface area (Å²) in [7, 11) is 0. The van der Waals surface area contributed by atoms with Gasteiger partial charge in [-0.3, -0.25) is 9.78 Å². The van der Waals surface area contributed by atoms with Crippen LogP contribution in [0.5, 0.6) is 0 Å². The van der Waals surface area contributed by atoms with Gasteiger partial charge in [0.05, 0.1) is 6.42 Å². The summed E-state index contributed by atoms with van der Waals surface area (Å²) in [4.78, 5) is 22.0. The van der Waals surface area contributed by atoms with Crippen LogP contribution in [0.15, 0.2) is 23.0 Å². The van der Waals surface area contributed by atoms with Crippen molar-refractivity contribution in [2.24, 2.45) is 0 Å². The van der Waals surface area contributed by atoms with Crippen molar-refractivity contribution < 1.29 is 9.32 Å². The second kappa shape index (κ2) is 6.27. The molecule has 0 spiro atoms. The number of likely N-dealkylation sites (N-methyl/N-ethyl adjacent to an activating group) is 1. The first-order valence-electron chi connectivity index (χ1n) is 6.67. The average Bonchev–Trinajstić information content (AvgIpc) is 2.89. The van der Waals surface area contributed by atoms with Gasteiger partial charge in [0.25, 0.3) is 5.89 Å². The molecule has 6 heteroatoms. The normalized spacial score (nSPS) is 10.6. The molecule has 1 amide bonds. The number of nitrogens with zero attached hydrogens (tertiary/aromatic N) is 4. The minimum absolute atomic E-state index is 0.00815. The predicted molar refractivity (Wildman–Crippen MR) is 73.9 cm³/mol. The van der Waals surface area contributed by atoms with Gasteiger partial charge in [0, 0.05) is 31.0 Å². The molecule has 2 aromatic rings. The highest BCUT2D eigenvalue weighted by Crippen LogP contribution is 2.20. The summed E-state index contributed by atoms with van der Waals surface area (Å²) in [5, 5.41) is 3.87. The number of pyridine rings is 1. The zero-order valence-corrected chi connectivity index (χ0v) is 12.0. The fourth-order valence-electron chi connectivity index (χ4n) is 1.97. The molecule has 0 aromatic carbocycles. The van der Waals surface area contributed by atoms with Gasteiger partial charge >= 0.3 is 0 Å². The highest BCUT2D eigenvalue weighted by atomic mass is 16.5. The Morgan fingerprint density at radius 3 is 2.75 bits per heavy atom. The van der Waals surface area contributed by atoms with E-state index in [4.69, 9.17) is 4.52 Å². The molecule has 0 aliphatic heterocycles. The smallest absolute Gasteiger partial charge is 0.258 e. The molecular weight excluding hydrogens is 256 g/mol. The fraction of sp³-hybridized carbons (Fsp3) is 0.429. The first-order chi connectivity index (χ1) is 9.65. The van der Waals surface area contributed by atoms with Crippen molar-refractivity contribution in [2.75, 3.05) is 13.1 Å². The lowest BCUT2D eigenvalue weighted by Gasteiger charge is -2.17. The molecule has 6 nitrogen and oxygen atoms in total. The third-order valence-corrected chi connectivity index (χ3v) is 3.14. The van der Waals surface area contributed by atoms with Crippen LogP contribution in [0.25, 0.3) is 11.5 Å². The van der Waals surface area contributed by atoms with E-state index < -0.39 is 0 Å². The molecule has 0 unspecified atom stereocenters. The summed E-state index contributed by atoms with van der Waals surface area (Å²) in [5.74, 6) is 0.842. The number of aromatic nitrogens is 3. The van der Waals surface area contributed by atoms with E-state index in [9.17, 15) is 4.79 Å². The quantitative estimate of drug-likeness (QED) is 0.832. The van der Waals surface area contributed by atoms with E-state index in [0.717, 1.165) is 11.1 Å². The lowest BCUT2D eigenvalue weighted by molar-refractivity contribution is -0.130. The molecule has 0 aliphatic carbocycles. The van der Waals surface area contributed by atoms with E-state index in [1.54, 1.807) is 17.3 Å². The van der Waals surface area contributed by atoms with Crippen molar-refractivity contribution in [1.29, 1.82) is 0 Å². The van der Waals surface area contributed by atoms with Crippen molar-refractivity contribution in [3.63, 3.8) is 0 Å². The van der Waals surface area contributed by atoms with Gasteiger partial charge < -0.3 is 9.42 Å². The summed E-state index contributed by atoms with van der Waals surface area (Å²) >= 11 is 0. The van der Waals surface area contributed by atoms with E-state index >= 15 is 0 Å². The molecule has 20 heavy (non-hydrogen) atoms. The van der Waals surface area contributed by atoms with Gasteiger partial charge in [-0.25, -0.2) is 0 Å². The Morgan fingerprint density at radius 1 is 1.35 bits per heavy atom. The maximum Gasteiger partial charge on any atom is 0.258 e. The highest BCUT2D eigenvalue weighted by Gasteiger charge is 2.16. The van der Waals surface area contributed by atoms with Crippen LogP contribution in [-0.2, 0) is 11.2 Å². The predicted octanol–water partition coefficient (Wildman–Crippen LogP) is 1.85. The molecule has 0 atom stereocenters. The molecule has 0 saturated heterocycles. The van der Waals surface area contributed by atoms with Crippen molar-refractivity contribution in [2.45, 2.75) is 27.2 Å². The molecule has 2 heterocycles. The SMILES string of the molecule is CCN(CC)C(=O)Cc1noc(-c2ccncc2C)n1. The third kappa shape index (κ3) is 3.01.